The number of alkyl halides is 1. The monoisotopic (exact) mass is 312 g/mol. The van der Waals surface area contributed by atoms with Crippen molar-refractivity contribution in [1.29, 1.82) is 0 Å². The summed E-state index contributed by atoms with van der Waals surface area (Å²) in [5, 5.41) is 0. The van der Waals surface area contributed by atoms with Crippen molar-refractivity contribution < 1.29 is 9.47 Å². The Morgan fingerprint density at radius 3 is 2.72 bits per heavy atom. The zero-order chi connectivity index (χ0) is 12.8. The molecule has 0 aromatic rings. The summed E-state index contributed by atoms with van der Waals surface area (Å²) in [6.45, 7) is 9.84. The van der Waals surface area contributed by atoms with E-state index in [-0.39, 0.29) is 22.5 Å². The first-order valence-electron chi connectivity index (χ1n) is 7.06. The quantitative estimate of drug-likeness (QED) is 0.504. The summed E-state index contributed by atoms with van der Waals surface area (Å²) in [7, 11) is 0. The van der Waals surface area contributed by atoms with Gasteiger partial charge in [0.05, 0.1) is 29.2 Å². The van der Waals surface area contributed by atoms with Crippen LogP contribution in [0.25, 0.3) is 0 Å². The van der Waals surface area contributed by atoms with Crippen LogP contribution < -0.4 is 0 Å². The molecule has 2 aliphatic carbocycles. The second kappa shape index (κ2) is 3.24. The van der Waals surface area contributed by atoms with Crippen LogP contribution in [0, 0.1) is 10.8 Å². The third kappa shape index (κ3) is 1.06. The van der Waals surface area contributed by atoms with Crippen LogP contribution in [0.1, 0.15) is 39.5 Å². The van der Waals surface area contributed by atoms with E-state index in [0.717, 1.165) is 19.4 Å². The molecule has 0 unspecified atom stereocenters. The summed E-state index contributed by atoms with van der Waals surface area (Å²) in [5.41, 5.74) is 1.66. The standard InChI is InChI=1S/C15H21BrO2/c1-9-10-4-5-13(9,2)15-7-6-14(3,17-8-15)11(16)12(15)18-10/h10-12H,1,4-8H2,2-3H3/t10-,11+,12-,13+,14+,15-/m1/s1. The highest BCUT2D eigenvalue weighted by Gasteiger charge is 2.70. The normalized spacial score (nSPS) is 61.9. The molecule has 1 spiro atoms. The summed E-state index contributed by atoms with van der Waals surface area (Å²) < 4.78 is 12.7. The van der Waals surface area contributed by atoms with Gasteiger partial charge in [-0.25, -0.2) is 0 Å². The van der Waals surface area contributed by atoms with Gasteiger partial charge >= 0.3 is 0 Å². The Labute approximate surface area is 117 Å². The van der Waals surface area contributed by atoms with E-state index in [2.05, 4.69) is 36.4 Å². The molecule has 100 valence electrons. The molecule has 0 radical (unpaired) electrons. The minimum atomic E-state index is -0.0408. The third-order valence-corrected chi connectivity index (χ3v) is 7.98. The van der Waals surface area contributed by atoms with Gasteiger partial charge in [-0.15, -0.1) is 0 Å². The van der Waals surface area contributed by atoms with Crippen molar-refractivity contribution in [2.24, 2.45) is 10.8 Å². The van der Waals surface area contributed by atoms with E-state index in [1.54, 1.807) is 0 Å². The summed E-state index contributed by atoms with van der Waals surface area (Å²) in [6, 6.07) is 0. The van der Waals surface area contributed by atoms with Crippen LogP contribution in [-0.4, -0.2) is 29.2 Å². The average Bonchev–Trinajstić information content (AvgIpc) is 2.57. The highest BCUT2D eigenvalue weighted by atomic mass is 79.9. The molecule has 3 aliphatic heterocycles. The predicted octanol–water partition coefficient (Wildman–Crippen LogP) is 3.44. The van der Waals surface area contributed by atoms with Crippen molar-refractivity contribution >= 4 is 15.9 Å². The van der Waals surface area contributed by atoms with Crippen LogP contribution in [0.15, 0.2) is 12.2 Å². The number of ether oxygens (including phenoxy) is 2. The van der Waals surface area contributed by atoms with Crippen molar-refractivity contribution in [3.8, 4) is 0 Å². The maximum absolute atomic E-state index is 6.43. The number of rotatable bonds is 0. The lowest BCUT2D eigenvalue weighted by Crippen LogP contribution is -2.71. The van der Waals surface area contributed by atoms with Gasteiger partial charge in [0.25, 0.3) is 0 Å². The van der Waals surface area contributed by atoms with Crippen molar-refractivity contribution in [1.82, 2.24) is 0 Å². The fraction of sp³-hybridized carbons (Fsp3) is 0.867. The largest absolute Gasteiger partial charge is 0.373 e. The zero-order valence-electron chi connectivity index (χ0n) is 11.2. The number of fused-ring (bicyclic) bond motifs is 4. The van der Waals surface area contributed by atoms with Crippen LogP contribution in [0.4, 0.5) is 0 Å². The molecule has 2 saturated carbocycles. The fourth-order valence-corrected chi connectivity index (χ4v) is 5.90. The molecule has 0 aromatic heterocycles. The summed E-state index contributed by atoms with van der Waals surface area (Å²) in [4.78, 5) is 0.320. The van der Waals surface area contributed by atoms with Crippen LogP contribution in [0.3, 0.4) is 0 Å². The van der Waals surface area contributed by atoms with Crippen LogP contribution in [0.2, 0.25) is 0 Å². The first-order valence-corrected chi connectivity index (χ1v) is 7.97. The van der Waals surface area contributed by atoms with E-state index in [1.165, 1.54) is 18.4 Å². The Kier molecular flexibility index (Phi) is 2.14. The topological polar surface area (TPSA) is 18.5 Å². The Morgan fingerprint density at radius 1 is 1.28 bits per heavy atom. The maximum atomic E-state index is 6.43. The van der Waals surface area contributed by atoms with Gasteiger partial charge in [0, 0.05) is 10.8 Å². The van der Waals surface area contributed by atoms with Crippen LogP contribution in [0.5, 0.6) is 0 Å². The first kappa shape index (κ1) is 11.9. The zero-order valence-corrected chi connectivity index (χ0v) is 12.8. The van der Waals surface area contributed by atoms with E-state index in [1.807, 2.05) is 0 Å². The summed E-state index contributed by atoms with van der Waals surface area (Å²) in [5.74, 6) is 0. The Morgan fingerprint density at radius 2 is 2.06 bits per heavy atom. The van der Waals surface area contributed by atoms with E-state index in [9.17, 15) is 0 Å². The molecule has 5 rings (SSSR count). The van der Waals surface area contributed by atoms with Gasteiger partial charge in [0.1, 0.15) is 0 Å². The molecule has 4 bridgehead atoms. The van der Waals surface area contributed by atoms with Crippen molar-refractivity contribution in [3.63, 3.8) is 0 Å². The summed E-state index contributed by atoms with van der Waals surface area (Å²) in [6.07, 6.45) is 5.30. The lowest BCUT2D eigenvalue weighted by atomic mass is 9.50. The second-order valence-corrected chi connectivity index (χ2v) is 8.09. The maximum Gasteiger partial charge on any atom is 0.0822 e. The van der Waals surface area contributed by atoms with E-state index < -0.39 is 0 Å². The minimum Gasteiger partial charge on any atom is -0.373 e. The molecular weight excluding hydrogens is 292 g/mol. The molecule has 18 heavy (non-hydrogen) atoms. The Hall–Kier alpha value is 0.140. The van der Waals surface area contributed by atoms with Crippen LogP contribution >= 0.6 is 15.9 Å². The summed E-state index contributed by atoms with van der Waals surface area (Å²) >= 11 is 3.89. The highest BCUT2D eigenvalue weighted by molar-refractivity contribution is 9.09. The van der Waals surface area contributed by atoms with E-state index in [4.69, 9.17) is 9.47 Å². The molecule has 5 fully saturated rings. The molecule has 0 amide bonds. The van der Waals surface area contributed by atoms with Gasteiger partial charge in [-0.05, 0) is 38.2 Å². The van der Waals surface area contributed by atoms with E-state index in [0.29, 0.717) is 10.9 Å². The van der Waals surface area contributed by atoms with Gasteiger partial charge in [0.15, 0.2) is 0 Å². The molecular formula is C15H21BrO2. The predicted molar refractivity (Wildman–Crippen MR) is 73.9 cm³/mol. The Bertz CT molecular complexity index is 424. The van der Waals surface area contributed by atoms with Gasteiger partial charge in [-0.3, -0.25) is 0 Å². The highest BCUT2D eigenvalue weighted by Crippen LogP contribution is 2.69. The molecule has 3 heterocycles. The van der Waals surface area contributed by atoms with Gasteiger partial charge in [-0.1, -0.05) is 29.4 Å². The molecule has 3 heteroatoms. The minimum absolute atomic E-state index is 0.0408. The van der Waals surface area contributed by atoms with Gasteiger partial charge < -0.3 is 9.47 Å². The lowest BCUT2D eigenvalue weighted by molar-refractivity contribution is -0.273. The van der Waals surface area contributed by atoms with E-state index >= 15 is 0 Å². The molecule has 5 aliphatic rings. The molecule has 3 saturated heterocycles. The number of halogens is 1. The molecule has 6 atom stereocenters. The first-order chi connectivity index (χ1) is 8.43. The number of hydrogen-bond donors (Lipinski definition) is 0. The lowest BCUT2D eigenvalue weighted by Gasteiger charge is -2.66. The van der Waals surface area contributed by atoms with Crippen molar-refractivity contribution in [2.75, 3.05) is 6.61 Å². The van der Waals surface area contributed by atoms with Crippen molar-refractivity contribution in [2.45, 2.75) is 62.2 Å². The van der Waals surface area contributed by atoms with Gasteiger partial charge in [-0.2, -0.15) is 0 Å². The SMILES string of the molecule is C=C1[C@H]2CC[C@]1(C)[C@]13CC[C@](C)(OC1)[C@@H](Br)[C@H]3O2. The van der Waals surface area contributed by atoms with Crippen LogP contribution in [-0.2, 0) is 9.47 Å². The molecule has 2 nitrogen and oxygen atoms in total. The molecule has 0 aromatic carbocycles. The average molecular weight is 313 g/mol. The number of hydrogen-bond acceptors (Lipinski definition) is 2. The second-order valence-electron chi connectivity index (χ2n) is 7.10. The fourth-order valence-electron chi connectivity index (χ4n) is 4.91. The smallest absolute Gasteiger partial charge is 0.0822 e. The third-order valence-electron chi connectivity index (χ3n) is 6.53. The Balaban J connectivity index is 1.87. The molecule has 0 N–H and O–H groups in total. The van der Waals surface area contributed by atoms with Gasteiger partial charge in [0.2, 0.25) is 0 Å². The van der Waals surface area contributed by atoms with Crippen molar-refractivity contribution in [3.05, 3.63) is 12.2 Å².